The number of carbonyl (C=O) groups is 2. The molecule has 1 aliphatic rings. The lowest BCUT2D eigenvalue weighted by Gasteiger charge is -2.25. The van der Waals surface area contributed by atoms with Crippen LogP contribution in [0.2, 0.25) is 0 Å². The summed E-state index contributed by atoms with van der Waals surface area (Å²) in [6.45, 7) is 0. The number of amides is 1. The second kappa shape index (κ2) is 7.63. The van der Waals surface area contributed by atoms with Crippen molar-refractivity contribution in [3.05, 3.63) is 112 Å². The Morgan fingerprint density at radius 2 is 1.43 bits per heavy atom. The van der Waals surface area contributed by atoms with Crippen LogP contribution in [0.5, 0.6) is 0 Å². The first kappa shape index (κ1) is 19.1. The van der Waals surface area contributed by atoms with Crippen LogP contribution in [0.1, 0.15) is 17.2 Å². The number of benzene rings is 3. The molecule has 0 radical (unpaired) electrons. The summed E-state index contributed by atoms with van der Waals surface area (Å²) < 4.78 is 0. The van der Waals surface area contributed by atoms with Crippen molar-refractivity contribution in [2.45, 2.75) is 6.04 Å². The number of aliphatic hydroxyl groups is 1. The highest BCUT2D eigenvalue weighted by molar-refractivity contribution is 6.51. The van der Waals surface area contributed by atoms with Gasteiger partial charge in [-0.05, 0) is 18.2 Å². The van der Waals surface area contributed by atoms with Crippen LogP contribution in [-0.4, -0.2) is 21.7 Å². The van der Waals surface area contributed by atoms with Crippen molar-refractivity contribution in [3.63, 3.8) is 0 Å². The molecule has 1 fully saturated rings. The summed E-state index contributed by atoms with van der Waals surface area (Å²) in [5, 5.41) is 22.6. The summed E-state index contributed by atoms with van der Waals surface area (Å²) in [6.07, 6.45) is 0. The molecule has 0 aromatic heterocycles. The molecule has 1 saturated heterocycles. The Hall–Kier alpha value is -4.26. The number of nitro groups is 1. The summed E-state index contributed by atoms with van der Waals surface area (Å²) >= 11 is 0. The van der Waals surface area contributed by atoms with E-state index in [0.29, 0.717) is 11.3 Å². The number of para-hydroxylation sites is 2. The molecule has 1 aliphatic heterocycles. The predicted molar refractivity (Wildman–Crippen MR) is 111 cm³/mol. The molecule has 30 heavy (non-hydrogen) atoms. The maximum atomic E-state index is 13.0. The number of ketones is 1. The van der Waals surface area contributed by atoms with Crippen LogP contribution < -0.4 is 4.90 Å². The molecule has 0 bridgehead atoms. The number of nitro benzene ring substituents is 1. The van der Waals surface area contributed by atoms with Gasteiger partial charge in [-0.15, -0.1) is 0 Å². The number of aliphatic hydroxyl groups excluding tert-OH is 1. The van der Waals surface area contributed by atoms with Crippen LogP contribution in [0.15, 0.2) is 90.5 Å². The summed E-state index contributed by atoms with van der Waals surface area (Å²) in [4.78, 5) is 38.3. The minimum Gasteiger partial charge on any atom is -0.507 e. The van der Waals surface area contributed by atoms with E-state index in [-0.39, 0.29) is 22.6 Å². The summed E-state index contributed by atoms with van der Waals surface area (Å²) in [5.74, 6) is -2.14. The van der Waals surface area contributed by atoms with Gasteiger partial charge >= 0.3 is 0 Å². The third-order valence-electron chi connectivity index (χ3n) is 4.95. The molecular formula is C23H16N2O5. The van der Waals surface area contributed by atoms with Crippen LogP contribution in [0.25, 0.3) is 5.76 Å². The molecule has 3 aromatic carbocycles. The second-order valence-electron chi connectivity index (χ2n) is 6.69. The van der Waals surface area contributed by atoms with E-state index < -0.39 is 22.7 Å². The van der Waals surface area contributed by atoms with E-state index in [1.807, 2.05) is 0 Å². The lowest BCUT2D eigenvalue weighted by Crippen LogP contribution is -2.29. The monoisotopic (exact) mass is 400 g/mol. The molecule has 0 unspecified atom stereocenters. The number of anilines is 1. The van der Waals surface area contributed by atoms with E-state index in [1.165, 1.54) is 23.1 Å². The van der Waals surface area contributed by atoms with Crippen molar-refractivity contribution in [3.8, 4) is 0 Å². The number of nitrogens with zero attached hydrogens (tertiary/aromatic N) is 2. The zero-order valence-electron chi connectivity index (χ0n) is 15.6. The number of hydrogen-bond donors (Lipinski definition) is 1. The van der Waals surface area contributed by atoms with Crippen LogP contribution >= 0.6 is 0 Å². The van der Waals surface area contributed by atoms with Gasteiger partial charge in [-0.3, -0.25) is 24.6 Å². The van der Waals surface area contributed by atoms with Crippen LogP contribution in [0.4, 0.5) is 11.4 Å². The first-order valence-corrected chi connectivity index (χ1v) is 9.15. The molecule has 1 heterocycles. The zero-order valence-corrected chi connectivity index (χ0v) is 15.6. The summed E-state index contributed by atoms with van der Waals surface area (Å²) in [5.41, 5.74) is 0.443. The Kier molecular flexibility index (Phi) is 4.85. The second-order valence-corrected chi connectivity index (χ2v) is 6.69. The van der Waals surface area contributed by atoms with Crippen molar-refractivity contribution < 1.29 is 19.6 Å². The van der Waals surface area contributed by atoms with Gasteiger partial charge in [0, 0.05) is 17.3 Å². The highest BCUT2D eigenvalue weighted by atomic mass is 16.6. The fourth-order valence-electron chi connectivity index (χ4n) is 3.62. The fraction of sp³-hybridized carbons (Fsp3) is 0.0435. The number of Topliss-reactive ketones (excluding diaryl/α,β-unsaturated/α-hetero) is 1. The van der Waals surface area contributed by atoms with Gasteiger partial charge in [-0.2, -0.15) is 0 Å². The van der Waals surface area contributed by atoms with E-state index in [1.54, 1.807) is 66.7 Å². The molecule has 7 heteroatoms. The molecule has 4 rings (SSSR count). The van der Waals surface area contributed by atoms with Crippen LogP contribution in [0, 0.1) is 10.1 Å². The van der Waals surface area contributed by atoms with Gasteiger partial charge in [0.2, 0.25) is 0 Å². The summed E-state index contributed by atoms with van der Waals surface area (Å²) in [7, 11) is 0. The number of carbonyl (C=O) groups excluding carboxylic acids is 2. The maximum Gasteiger partial charge on any atom is 0.300 e. The number of rotatable bonds is 4. The Morgan fingerprint density at radius 1 is 0.867 bits per heavy atom. The van der Waals surface area contributed by atoms with Gasteiger partial charge in [-0.25, -0.2) is 0 Å². The van der Waals surface area contributed by atoms with Gasteiger partial charge in [0.1, 0.15) is 11.8 Å². The highest BCUT2D eigenvalue weighted by Gasteiger charge is 2.48. The molecule has 0 spiro atoms. The zero-order chi connectivity index (χ0) is 21.3. The molecule has 1 amide bonds. The van der Waals surface area contributed by atoms with Gasteiger partial charge in [-0.1, -0.05) is 60.7 Å². The van der Waals surface area contributed by atoms with E-state index in [0.717, 1.165) is 0 Å². The smallest absolute Gasteiger partial charge is 0.300 e. The standard InChI is InChI=1S/C23H16N2O5/c26-21(15-9-3-1-4-10-15)19-20(17-13-7-8-14-18(17)25(29)30)24(23(28)22(19)27)16-11-5-2-6-12-16/h1-14,20,26H/t20-/m0/s1. The minimum atomic E-state index is -1.14. The molecule has 1 N–H and O–H groups in total. The van der Waals surface area contributed by atoms with E-state index in [2.05, 4.69) is 0 Å². The average Bonchev–Trinajstić information content (AvgIpc) is 3.05. The predicted octanol–water partition coefficient (Wildman–Crippen LogP) is 4.22. The van der Waals surface area contributed by atoms with Crippen LogP contribution in [0.3, 0.4) is 0 Å². The molecule has 7 nitrogen and oxygen atoms in total. The topological polar surface area (TPSA) is 101 Å². The Bertz CT molecular complexity index is 1170. The van der Waals surface area contributed by atoms with E-state index in [4.69, 9.17) is 0 Å². The SMILES string of the molecule is O=C1C(=O)N(c2ccccc2)[C@@H](c2ccccc2[N+](=O)[O-])C1=C(O)c1ccccc1. The molecule has 148 valence electrons. The molecule has 0 saturated carbocycles. The van der Waals surface area contributed by atoms with Crippen molar-refractivity contribution in [2.24, 2.45) is 0 Å². The first-order chi connectivity index (χ1) is 14.5. The third kappa shape index (κ3) is 3.12. The van der Waals surface area contributed by atoms with Crippen LogP contribution in [-0.2, 0) is 9.59 Å². The highest BCUT2D eigenvalue weighted by Crippen LogP contribution is 2.44. The first-order valence-electron chi connectivity index (χ1n) is 9.15. The Balaban J connectivity index is 2.02. The Labute approximate surface area is 171 Å². The van der Waals surface area contributed by atoms with Gasteiger partial charge < -0.3 is 5.11 Å². The van der Waals surface area contributed by atoms with Crippen molar-refractivity contribution in [1.82, 2.24) is 0 Å². The molecular weight excluding hydrogens is 384 g/mol. The normalized spacial score (nSPS) is 17.9. The molecule has 3 aromatic rings. The maximum absolute atomic E-state index is 13.0. The lowest BCUT2D eigenvalue weighted by atomic mass is 9.94. The van der Waals surface area contributed by atoms with Crippen molar-refractivity contribution in [1.29, 1.82) is 0 Å². The minimum absolute atomic E-state index is 0.142. The summed E-state index contributed by atoms with van der Waals surface area (Å²) in [6, 6.07) is 21.5. The molecule has 1 atom stereocenters. The van der Waals surface area contributed by atoms with Gasteiger partial charge in [0.15, 0.2) is 0 Å². The fourth-order valence-corrected chi connectivity index (χ4v) is 3.62. The quantitative estimate of drug-likeness (QED) is 0.232. The Morgan fingerprint density at radius 3 is 2.07 bits per heavy atom. The van der Waals surface area contributed by atoms with Crippen molar-refractivity contribution >= 4 is 28.8 Å². The van der Waals surface area contributed by atoms with Gasteiger partial charge in [0.05, 0.1) is 16.1 Å². The molecule has 0 aliphatic carbocycles. The van der Waals surface area contributed by atoms with E-state index in [9.17, 15) is 24.8 Å². The average molecular weight is 400 g/mol. The van der Waals surface area contributed by atoms with E-state index >= 15 is 0 Å². The van der Waals surface area contributed by atoms with Crippen molar-refractivity contribution in [2.75, 3.05) is 4.90 Å². The number of hydrogen-bond acceptors (Lipinski definition) is 5. The lowest BCUT2D eigenvalue weighted by molar-refractivity contribution is -0.385. The third-order valence-corrected chi connectivity index (χ3v) is 4.95. The largest absolute Gasteiger partial charge is 0.507 e. The van der Waals surface area contributed by atoms with Gasteiger partial charge in [0.25, 0.3) is 17.4 Å².